The van der Waals surface area contributed by atoms with E-state index in [9.17, 15) is 4.79 Å². The van der Waals surface area contributed by atoms with Crippen molar-refractivity contribution in [2.45, 2.75) is 6.92 Å². The van der Waals surface area contributed by atoms with Crippen molar-refractivity contribution in [3.05, 3.63) is 69.9 Å². The van der Waals surface area contributed by atoms with Crippen LogP contribution >= 0.6 is 23.2 Å². The van der Waals surface area contributed by atoms with E-state index >= 15 is 0 Å². The van der Waals surface area contributed by atoms with Gasteiger partial charge in [0.1, 0.15) is 17.3 Å². The summed E-state index contributed by atoms with van der Waals surface area (Å²) in [5.41, 5.74) is 1.82. The van der Waals surface area contributed by atoms with E-state index in [4.69, 9.17) is 32.4 Å². The molecule has 0 spiro atoms. The average Bonchev–Trinajstić information content (AvgIpc) is 2.97. The number of methoxy groups -OCH3 is 1. The highest BCUT2D eigenvalue weighted by atomic mass is 35.5. The number of benzene rings is 2. The van der Waals surface area contributed by atoms with E-state index in [2.05, 4.69) is 5.32 Å². The van der Waals surface area contributed by atoms with Gasteiger partial charge in [0, 0.05) is 21.3 Å². The van der Waals surface area contributed by atoms with Crippen molar-refractivity contribution in [3.8, 4) is 17.1 Å². The normalized spacial score (nSPS) is 10.6. The number of furan rings is 1. The number of nitrogens with one attached hydrogen (secondary N) is 1. The summed E-state index contributed by atoms with van der Waals surface area (Å²) in [5.74, 6) is 1.50. The minimum absolute atomic E-state index is 0.259. The first-order chi connectivity index (χ1) is 12.0. The fourth-order valence-corrected chi connectivity index (χ4v) is 2.94. The second kappa shape index (κ2) is 7.21. The Morgan fingerprint density at radius 2 is 1.68 bits per heavy atom. The molecule has 0 aliphatic carbocycles. The Hall–Kier alpha value is -2.43. The highest BCUT2D eigenvalue weighted by molar-refractivity contribution is 6.35. The number of hydrogen-bond acceptors (Lipinski definition) is 3. The summed E-state index contributed by atoms with van der Waals surface area (Å²) in [7, 11) is 1.59. The van der Waals surface area contributed by atoms with E-state index < -0.39 is 0 Å². The first-order valence-electron chi connectivity index (χ1n) is 7.48. The van der Waals surface area contributed by atoms with E-state index in [1.807, 2.05) is 0 Å². The molecule has 3 aromatic rings. The minimum Gasteiger partial charge on any atom is -0.497 e. The molecule has 6 heteroatoms. The summed E-state index contributed by atoms with van der Waals surface area (Å²) < 4.78 is 10.8. The molecule has 4 nitrogen and oxygen atoms in total. The lowest BCUT2D eigenvalue weighted by Crippen LogP contribution is -2.11. The maximum atomic E-state index is 12.5. The van der Waals surface area contributed by atoms with Crippen LogP contribution in [-0.4, -0.2) is 13.0 Å². The van der Waals surface area contributed by atoms with Gasteiger partial charge >= 0.3 is 0 Å². The fourth-order valence-electron chi connectivity index (χ4n) is 2.42. The Balaban J connectivity index is 1.84. The second-order valence-corrected chi connectivity index (χ2v) is 6.29. The smallest absolute Gasteiger partial charge is 0.259 e. The molecule has 25 heavy (non-hydrogen) atoms. The molecule has 0 radical (unpaired) electrons. The summed E-state index contributed by atoms with van der Waals surface area (Å²) in [6.45, 7) is 1.73. The summed E-state index contributed by atoms with van der Waals surface area (Å²) in [6, 6.07) is 13.9. The molecule has 2 aromatic carbocycles. The van der Waals surface area contributed by atoms with E-state index in [1.165, 1.54) is 0 Å². The lowest BCUT2D eigenvalue weighted by molar-refractivity contribution is 0.102. The molecule has 1 amide bonds. The van der Waals surface area contributed by atoms with Gasteiger partial charge in [-0.05, 0) is 55.5 Å². The number of ether oxygens (including phenoxy) is 1. The van der Waals surface area contributed by atoms with Crippen LogP contribution in [0.2, 0.25) is 10.0 Å². The number of carbonyl (C=O) groups is 1. The molecule has 0 saturated heterocycles. The third-order valence-electron chi connectivity index (χ3n) is 3.66. The van der Waals surface area contributed by atoms with Gasteiger partial charge < -0.3 is 14.5 Å². The van der Waals surface area contributed by atoms with Crippen LogP contribution < -0.4 is 10.1 Å². The molecule has 0 fully saturated rings. The number of aryl methyl sites for hydroxylation is 1. The first-order valence-corrected chi connectivity index (χ1v) is 8.24. The van der Waals surface area contributed by atoms with Crippen molar-refractivity contribution in [3.63, 3.8) is 0 Å². The number of hydrogen-bond donors (Lipinski definition) is 1. The number of carbonyl (C=O) groups excluding carboxylic acids is 1. The third kappa shape index (κ3) is 3.98. The fraction of sp³-hybridized carbons (Fsp3) is 0.105. The number of rotatable bonds is 4. The molecular formula is C19H15Cl2NO3. The van der Waals surface area contributed by atoms with Crippen LogP contribution in [0.1, 0.15) is 16.1 Å². The third-order valence-corrected chi connectivity index (χ3v) is 4.09. The first kappa shape index (κ1) is 17.4. The lowest BCUT2D eigenvalue weighted by Gasteiger charge is -2.05. The molecule has 128 valence electrons. The van der Waals surface area contributed by atoms with Crippen molar-refractivity contribution >= 4 is 34.8 Å². The monoisotopic (exact) mass is 375 g/mol. The molecule has 0 bridgehead atoms. The van der Waals surface area contributed by atoms with Crippen molar-refractivity contribution in [1.82, 2.24) is 0 Å². The highest BCUT2D eigenvalue weighted by Crippen LogP contribution is 2.30. The van der Waals surface area contributed by atoms with Crippen molar-refractivity contribution in [2.75, 3.05) is 12.4 Å². The van der Waals surface area contributed by atoms with Crippen LogP contribution in [-0.2, 0) is 0 Å². The minimum atomic E-state index is -0.259. The van der Waals surface area contributed by atoms with Gasteiger partial charge in [0.05, 0.1) is 12.7 Å². The zero-order valence-corrected chi connectivity index (χ0v) is 15.1. The van der Waals surface area contributed by atoms with E-state index in [-0.39, 0.29) is 5.91 Å². The molecule has 1 N–H and O–H groups in total. The van der Waals surface area contributed by atoms with Gasteiger partial charge in [-0.1, -0.05) is 23.2 Å². The zero-order chi connectivity index (χ0) is 18.0. The molecule has 0 aliphatic rings. The van der Waals surface area contributed by atoms with Crippen LogP contribution in [0.5, 0.6) is 5.75 Å². The Bertz CT molecular complexity index is 897. The Labute approximate surface area is 155 Å². The Kier molecular flexibility index (Phi) is 5.02. The molecule has 0 atom stereocenters. The van der Waals surface area contributed by atoms with Crippen LogP contribution in [0.4, 0.5) is 5.69 Å². The van der Waals surface area contributed by atoms with Crippen LogP contribution in [0, 0.1) is 6.92 Å². The van der Waals surface area contributed by atoms with Crippen molar-refractivity contribution in [1.29, 1.82) is 0 Å². The van der Waals surface area contributed by atoms with Gasteiger partial charge in [-0.2, -0.15) is 0 Å². The molecule has 0 saturated carbocycles. The van der Waals surface area contributed by atoms with Gasteiger partial charge in [0.2, 0.25) is 0 Å². The summed E-state index contributed by atoms with van der Waals surface area (Å²) in [5, 5.41) is 3.83. The molecule has 1 aromatic heterocycles. The molecular weight excluding hydrogens is 361 g/mol. The lowest BCUT2D eigenvalue weighted by atomic mass is 10.1. The second-order valence-electron chi connectivity index (χ2n) is 5.42. The van der Waals surface area contributed by atoms with E-state index in [0.717, 1.165) is 5.75 Å². The van der Waals surface area contributed by atoms with Crippen molar-refractivity contribution < 1.29 is 13.9 Å². The molecule has 0 unspecified atom stereocenters. The average molecular weight is 376 g/mol. The SMILES string of the molecule is COc1ccc(NC(=O)c2cc(-c3cc(Cl)cc(Cl)c3)oc2C)cc1. The van der Waals surface area contributed by atoms with Gasteiger partial charge in [-0.15, -0.1) is 0 Å². The van der Waals surface area contributed by atoms with Crippen molar-refractivity contribution in [2.24, 2.45) is 0 Å². The quantitative estimate of drug-likeness (QED) is 0.624. The largest absolute Gasteiger partial charge is 0.497 e. The maximum Gasteiger partial charge on any atom is 0.259 e. The topological polar surface area (TPSA) is 51.5 Å². The van der Waals surface area contributed by atoms with E-state index in [0.29, 0.717) is 38.4 Å². The summed E-state index contributed by atoms with van der Waals surface area (Å²) in [4.78, 5) is 12.5. The predicted octanol–water partition coefficient (Wildman–Crippen LogP) is 5.82. The standard InChI is InChI=1S/C19H15Cl2NO3/c1-11-17(19(23)22-15-3-5-16(24-2)6-4-15)10-18(25-11)12-7-13(20)9-14(21)8-12/h3-10H,1-2H3,(H,22,23). The maximum absolute atomic E-state index is 12.5. The predicted molar refractivity (Wildman–Crippen MR) is 99.8 cm³/mol. The number of amides is 1. The Morgan fingerprint density at radius 1 is 1.04 bits per heavy atom. The Morgan fingerprint density at radius 3 is 2.28 bits per heavy atom. The van der Waals surface area contributed by atoms with Gasteiger partial charge in [-0.3, -0.25) is 4.79 Å². The number of anilines is 1. The number of halogens is 2. The van der Waals surface area contributed by atoms with Crippen LogP contribution in [0.25, 0.3) is 11.3 Å². The summed E-state index contributed by atoms with van der Waals surface area (Å²) in [6.07, 6.45) is 0. The molecule has 0 aliphatic heterocycles. The molecule has 1 heterocycles. The van der Waals surface area contributed by atoms with Gasteiger partial charge in [0.15, 0.2) is 0 Å². The molecule has 3 rings (SSSR count). The summed E-state index contributed by atoms with van der Waals surface area (Å²) >= 11 is 12.1. The highest BCUT2D eigenvalue weighted by Gasteiger charge is 2.17. The van der Waals surface area contributed by atoms with E-state index in [1.54, 1.807) is 62.6 Å². The van der Waals surface area contributed by atoms with Crippen LogP contribution in [0.15, 0.2) is 52.9 Å². The van der Waals surface area contributed by atoms with Gasteiger partial charge in [0.25, 0.3) is 5.91 Å². The van der Waals surface area contributed by atoms with Gasteiger partial charge in [-0.25, -0.2) is 0 Å². The van der Waals surface area contributed by atoms with Crippen LogP contribution in [0.3, 0.4) is 0 Å². The zero-order valence-electron chi connectivity index (χ0n) is 13.6.